The Morgan fingerprint density at radius 3 is 2.59 bits per heavy atom. The van der Waals surface area contributed by atoms with Crippen molar-refractivity contribution < 1.29 is 4.79 Å². The minimum atomic E-state index is -0.181. The zero-order valence-electron chi connectivity index (χ0n) is 11.8. The van der Waals surface area contributed by atoms with Crippen LogP contribution in [0.3, 0.4) is 0 Å². The van der Waals surface area contributed by atoms with Gasteiger partial charge in [0.1, 0.15) is 0 Å². The standard InChI is InChI=1S/C17H13ClN2OS/c1-11-19-16(10-22-11)12-5-7-15(8-6-12)20-17(21)13-3-2-4-14(18)9-13/h2-10H,1H3,(H,20,21). The summed E-state index contributed by atoms with van der Waals surface area (Å²) in [7, 11) is 0. The molecule has 0 aliphatic heterocycles. The molecular formula is C17H13ClN2OS. The van der Waals surface area contributed by atoms with E-state index in [1.54, 1.807) is 35.6 Å². The van der Waals surface area contributed by atoms with Crippen molar-refractivity contribution in [1.29, 1.82) is 0 Å². The molecule has 1 aromatic heterocycles. The van der Waals surface area contributed by atoms with Crippen LogP contribution in [-0.4, -0.2) is 10.9 Å². The molecule has 0 atom stereocenters. The molecule has 5 heteroatoms. The predicted octanol–water partition coefficient (Wildman–Crippen LogP) is 5.02. The van der Waals surface area contributed by atoms with Crippen molar-refractivity contribution in [2.24, 2.45) is 0 Å². The van der Waals surface area contributed by atoms with Gasteiger partial charge in [-0.15, -0.1) is 11.3 Å². The highest BCUT2D eigenvalue weighted by atomic mass is 35.5. The predicted molar refractivity (Wildman–Crippen MR) is 91.7 cm³/mol. The first kappa shape index (κ1) is 14.8. The summed E-state index contributed by atoms with van der Waals surface area (Å²) in [4.78, 5) is 16.6. The number of hydrogen-bond donors (Lipinski definition) is 1. The second kappa shape index (κ2) is 6.30. The van der Waals surface area contributed by atoms with Crippen LogP contribution in [-0.2, 0) is 0 Å². The van der Waals surface area contributed by atoms with Crippen LogP contribution in [0.2, 0.25) is 5.02 Å². The Balaban J connectivity index is 1.75. The zero-order valence-corrected chi connectivity index (χ0v) is 13.4. The summed E-state index contributed by atoms with van der Waals surface area (Å²) in [5.41, 5.74) is 3.26. The van der Waals surface area contributed by atoms with Gasteiger partial charge in [0.15, 0.2) is 0 Å². The van der Waals surface area contributed by atoms with Crippen molar-refractivity contribution in [3.8, 4) is 11.3 Å². The van der Waals surface area contributed by atoms with E-state index in [1.165, 1.54) is 0 Å². The molecule has 0 fully saturated rings. The van der Waals surface area contributed by atoms with Gasteiger partial charge in [-0.05, 0) is 37.3 Å². The molecule has 110 valence electrons. The molecule has 0 saturated carbocycles. The van der Waals surface area contributed by atoms with Crippen molar-refractivity contribution in [3.05, 3.63) is 69.5 Å². The van der Waals surface area contributed by atoms with Gasteiger partial charge in [0, 0.05) is 27.2 Å². The normalized spacial score (nSPS) is 10.5. The van der Waals surface area contributed by atoms with E-state index in [1.807, 2.05) is 36.6 Å². The molecule has 22 heavy (non-hydrogen) atoms. The van der Waals surface area contributed by atoms with Gasteiger partial charge >= 0.3 is 0 Å². The van der Waals surface area contributed by atoms with Crippen LogP contribution < -0.4 is 5.32 Å². The number of carbonyl (C=O) groups is 1. The van der Waals surface area contributed by atoms with Gasteiger partial charge in [-0.25, -0.2) is 4.98 Å². The number of aryl methyl sites for hydroxylation is 1. The summed E-state index contributed by atoms with van der Waals surface area (Å²) in [6.07, 6.45) is 0. The third-order valence-corrected chi connectivity index (χ3v) is 4.15. The molecule has 0 saturated heterocycles. The number of carbonyl (C=O) groups excluding carboxylic acids is 1. The van der Waals surface area contributed by atoms with Crippen LogP contribution in [0.15, 0.2) is 53.9 Å². The molecular weight excluding hydrogens is 316 g/mol. The summed E-state index contributed by atoms with van der Waals surface area (Å²) < 4.78 is 0. The van der Waals surface area contributed by atoms with E-state index in [4.69, 9.17) is 11.6 Å². The van der Waals surface area contributed by atoms with Gasteiger partial charge < -0.3 is 5.32 Å². The van der Waals surface area contributed by atoms with Crippen molar-refractivity contribution in [1.82, 2.24) is 4.98 Å². The summed E-state index contributed by atoms with van der Waals surface area (Å²) in [5, 5.41) is 6.46. The average Bonchev–Trinajstić information content (AvgIpc) is 2.94. The maximum atomic E-state index is 12.1. The molecule has 1 amide bonds. The third kappa shape index (κ3) is 3.35. The molecule has 0 aliphatic rings. The van der Waals surface area contributed by atoms with Gasteiger partial charge in [-0.3, -0.25) is 4.79 Å². The lowest BCUT2D eigenvalue weighted by molar-refractivity contribution is 0.102. The van der Waals surface area contributed by atoms with E-state index in [0.717, 1.165) is 22.0 Å². The number of hydrogen-bond acceptors (Lipinski definition) is 3. The Morgan fingerprint density at radius 2 is 1.95 bits per heavy atom. The number of benzene rings is 2. The van der Waals surface area contributed by atoms with Gasteiger partial charge in [0.25, 0.3) is 5.91 Å². The number of aromatic nitrogens is 1. The second-order valence-electron chi connectivity index (χ2n) is 4.79. The highest BCUT2D eigenvalue weighted by Crippen LogP contribution is 2.23. The monoisotopic (exact) mass is 328 g/mol. The number of nitrogens with zero attached hydrogens (tertiary/aromatic N) is 1. The average molecular weight is 329 g/mol. The molecule has 0 unspecified atom stereocenters. The van der Waals surface area contributed by atoms with Crippen LogP contribution in [0.4, 0.5) is 5.69 Å². The topological polar surface area (TPSA) is 42.0 Å². The Morgan fingerprint density at radius 1 is 1.18 bits per heavy atom. The molecule has 0 bridgehead atoms. The number of amides is 1. The van der Waals surface area contributed by atoms with Crippen molar-refractivity contribution >= 4 is 34.5 Å². The molecule has 0 radical (unpaired) electrons. The minimum absolute atomic E-state index is 0.181. The fourth-order valence-electron chi connectivity index (χ4n) is 2.05. The number of halogens is 1. The van der Waals surface area contributed by atoms with E-state index < -0.39 is 0 Å². The van der Waals surface area contributed by atoms with Crippen LogP contribution >= 0.6 is 22.9 Å². The minimum Gasteiger partial charge on any atom is -0.322 e. The largest absolute Gasteiger partial charge is 0.322 e. The highest BCUT2D eigenvalue weighted by Gasteiger charge is 2.07. The van der Waals surface area contributed by atoms with Crippen molar-refractivity contribution in [2.75, 3.05) is 5.32 Å². The number of rotatable bonds is 3. The molecule has 2 aromatic carbocycles. The molecule has 1 heterocycles. The quantitative estimate of drug-likeness (QED) is 0.733. The molecule has 0 aliphatic carbocycles. The highest BCUT2D eigenvalue weighted by molar-refractivity contribution is 7.09. The molecule has 3 aromatic rings. The Labute approximate surface area is 137 Å². The molecule has 3 rings (SSSR count). The van der Waals surface area contributed by atoms with E-state index in [0.29, 0.717) is 10.6 Å². The summed E-state index contributed by atoms with van der Waals surface area (Å²) in [5.74, 6) is -0.181. The lowest BCUT2D eigenvalue weighted by Gasteiger charge is -2.06. The Hall–Kier alpha value is -2.17. The first-order valence-corrected chi connectivity index (χ1v) is 7.97. The van der Waals surface area contributed by atoms with Crippen molar-refractivity contribution in [2.45, 2.75) is 6.92 Å². The summed E-state index contributed by atoms with van der Waals surface area (Å²) in [6, 6.07) is 14.5. The maximum Gasteiger partial charge on any atom is 0.255 e. The fraction of sp³-hybridized carbons (Fsp3) is 0.0588. The number of thiazole rings is 1. The van der Waals surface area contributed by atoms with Crippen LogP contribution in [0.25, 0.3) is 11.3 Å². The second-order valence-corrected chi connectivity index (χ2v) is 6.29. The van der Waals surface area contributed by atoms with Crippen LogP contribution in [0, 0.1) is 6.92 Å². The first-order valence-electron chi connectivity index (χ1n) is 6.71. The van der Waals surface area contributed by atoms with E-state index in [-0.39, 0.29) is 5.91 Å². The van der Waals surface area contributed by atoms with Gasteiger partial charge in [0.2, 0.25) is 0 Å². The lowest BCUT2D eigenvalue weighted by Crippen LogP contribution is -2.11. The SMILES string of the molecule is Cc1nc(-c2ccc(NC(=O)c3cccc(Cl)c3)cc2)cs1. The van der Waals surface area contributed by atoms with E-state index >= 15 is 0 Å². The van der Waals surface area contributed by atoms with Gasteiger partial charge in [-0.2, -0.15) is 0 Å². The third-order valence-electron chi connectivity index (χ3n) is 3.14. The molecule has 1 N–H and O–H groups in total. The molecule has 3 nitrogen and oxygen atoms in total. The summed E-state index contributed by atoms with van der Waals surface area (Å²) in [6.45, 7) is 1.98. The lowest BCUT2D eigenvalue weighted by atomic mass is 10.1. The van der Waals surface area contributed by atoms with Crippen LogP contribution in [0.5, 0.6) is 0 Å². The number of anilines is 1. The first-order chi connectivity index (χ1) is 10.6. The molecule has 0 spiro atoms. The number of nitrogens with one attached hydrogen (secondary N) is 1. The van der Waals surface area contributed by atoms with E-state index in [9.17, 15) is 4.79 Å². The fourth-order valence-corrected chi connectivity index (χ4v) is 2.87. The Kier molecular flexibility index (Phi) is 4.22. The summed E-state index contributed by atoms with van der Waals surface area (Å²) >= 11 is 7.52. The Bertz CT molecular complexity index is 812. The maximum absolute atomic E-state index is 12.1. The van der Waals surface area contributed by atoms with Crippen LogP contribution in [0.1, 0.15) is 15.4 Å². The van der Waals surface area contributed by atoms with Gasteiger partial charge in [-0.1, -0.05) is 29.8 Å². The van der Waals surface area contributed by atoms with E-state index in [2.05, 4.69) is 10.3 Å². The van der Waals surface area contributed by atoms with Gasteiger partial charge in [0.05, 0.1) is 10.7 Å². The zero-order chi connectivity index (χ0) is 15.5. The smallest absolute Gasteiger partial charge is 0.255 e. The van der Waals surface area contributed by atoms with Crippen molar-refractivity contribution in [3.63, 3.8) is 0 Å².